The minimum Gasteiger partial charge on any atom is -0.411 e. The molecule has 0 aromatic carbocycles. The Bertz CT molecular complexity index is 97.7. The van der Waals surface area contributed by atoms with E-state index in [2.05, 4.69) is 6.92 Å². The van der Waals surface area contributed by atoms with Crippen molar-refractivity contribution >= 4 is 29.2 Å². The van der Waals surface area contributed by atoms with Crippen molar-refractivity contribution in [1.29, 1.82) is 0 Å². The molecule has 0 heterocycles. The molecule has 0 unspecified atom stereocenters. The van der Waals surface area contributed by atoms with Gasteiger partial charge in [0.05, 0.1) is 0 Å². The molecule has 4 heteroatoms. The Labute approximate surface area is 84.4 Å². The fraction of sp³-hybridized carbons (Fsp3) is 0.833. The summed E-state index contributed by atoms with van der Waals surface area (Å²) in [6.07, 6.45) is 2.37. The van der Waals surface area contributed by atoms with Crippen molar-refractivity contribution in [3.63, 3.8) is 0 Å². The molecule has 0 saturated heterocycles. The molecule has 0 N–H and O–H groups in total. The van der Waals surface area contributed by atoms with E-state index in [0.29, 0.717) is 4.32 Å². The van der Waals surface area contributed by atoms with Crippen LogP contribution in [0.3, 0.4) is 0 Å². The topological polar surface area (TPSA) is 3.24 Å². The van der Waals surface area contributed by atoms with Crippen LogP contribution in [0.5, 0.6) is 0 Å². The van der Waals surface area contributed by atoms with Crippen LogP contribution in [0.1, 0.15) is 19.8 Å². The average Bonchev–Trinajstić information content (AvgIpc) is 1.82. The molecule has 0 rings (SSSR count). The standard InChI is InChI=1S/C6H13NS2.Cu/c1-3-4-5-7(2)6(8)9;/h3-5H2,1-2H3,(H,8,9);/q;+1/p-1. The first-order chi connectivity index (χ1) is 4.18. The zero-order valence-electron chi connectivity index (χ0n) is 6.19. The van der Waals surface area contributed by atoms with E-state index in [1.54, 1.807) is 0 Å². The smallest absolute Gasteiger partial charge is 0.411 e. The van der Waals surface area contributed by atoms with Gasteiger partial charge in [-0.2, -0.15) is 0 Å². The van der Waals surface area contributed by atoms with Gasteiger partial charge in [-0.1, -0.05) is 17.7 Å². The Morgan fingerprint density at radius 2 is 2.10 bits per heavy atom. The molecule has 1 nitrogen and oxygen atoms in total. The number of rotatable bonds is 3. The van der Waals surface area contributed by atoms with Crippen LogP contribution in [0.25, 0.3) is 0 Å². The molecular weight excluding hydrogens is 214 g/mol. The third-order valence-electron chi connectivity index (χ3n) is 1.16. The van der Waals surface area contributed by atoms with E-state index in [4.69, 9.17) is 24.8 Å². The Hall–Kier alpha value is 0.629. The molecule has 10 heavy (non-hydrogen) atoms. The second kappa shape index (κ2) is 7.73. The van der Waals surface area contributed by atoms with Crippen LogP contribution in [-0.4, -0.2) is 22.8 Å². The number of unbranched alkanes of at least 4 members (excludes halogenated alkanes) is 1. The first-order valence-electron chi connectivity index (χ1n) is 3.10. The maximum absolute atomic E-state index is 4.77. The van der Waals surface area contributed by atoms with E-state index in [9.17, 15) is 0 Å². The minimum absolute atomic E-state index is 0. The van der Waals surface area contributed by atoms with Gasteiger partial charge in [-0.05, 0) is 6.42 Å². The van der Waals surface area contributed by atoms with Gasteiger partial charge in [0.2, 0.25) is 0 Å². The fourth-order valence-electron chi connectivity index (χ4n) is 0.487. The Morgan fingerprint density at radius 3 is 2.40 bits per heavy atom. The molecule has 0 spiro atoms. The third-order valence-corrected chi connectivity index (χ3v) is 1.78. The molecule has 0 aromatic heterocycles. The fourth-order valence-corrected chi connectivity index (χ4v) is 0.669. The van der Waals surface area contributed by atoms with Gasteiger partial charge >= 0.3 is 17.1 Å². The van der Waals surface area contributed by atoms with Crippen LogP contribution in [0, 0.1) is 0 Å². The van der Waals surface area contributed by atoms with Crippen LogP contribution >= 0.6 is 12.2 Å². The van der Waals surface area contributed by atoms with Gasteiger partial charge in [0.15, 0.2) is 0 Å². The van der Waals surface area contributed by atoms with Gasteiger partial charge in [0.25, 0.3) is 0 Å². The van der Waals surface area contributed by atoms with Crippen molar-refractivity contribution in [3.05, 3.63) is 0 Å². The van der Waals surface area contributed by atoms with Crippen molar-refractivity contribution in [2.45, 2.75) is 19.8 Å². The molecule has 0 amide bonds. The van der Waals surface area contributed by atoms with Crippen LogP contribution in [0.2, 0.25) is 0 Å². The van der Waals surface area contributed by atoms with E-state index in [-0.39, 0.29) is 17.1 Å². The molecular formula is C6H12CuNS2. The Balaban J connectivity index is 0. The van der Waals surface area contributed by atoms with Crippen molar-refractivity contribution < 1.29 is 17.1 Å². The van der Waals surface area contributed by atoms with Gasteiger partial charge in [-0.3, -0.25) is 0 Å². The Morgan fingerprint density at radius 1 is 1.60 bits per heavy atom. The predicted molar refractivity (Wildman–Crippen MR) is 47.5 cm³/mol. The molecule has 0 aliphatic rings. The second-order valence-corrected chi connectivity index (χ2v) is 3.07. The SMILES string of the molecule is CCCCN(C)C(=S)[S-].[Cu+]. The third kappa shape index (κ3) is 6.75. The first-order valence-corrected chi connectivity index (χ1v) is 3.92. The van der Waals surface area contributed by atoms with Crippen molar-refractivity contribution in [2.75, 3.05) is 13.6 Å². The maximum Gasteiger partial charge on any atom is 1.00 e. The van der Waals surface area contributed by atoms with Gasteiger partial charge in [-0.15, -0.1) is 0 Å². The molecule has 64 valence electrons. The largest absolute Gasteiger partial charge is 1.00 e. The molecule has 0 saturated carbocycles. The normalized spacial score (nSPS) is 8.20. The zero-order valence-corrected chi connectivity index (χ0v) is 8.76. The van der Waals surface area contributed by atoms with Crippen molar-refractivity contribution in [3.8, 4) is 0 Å². The van der Waals surface area contributed by atoms with E-state index in [1.165, 1.54) is 12.8 Å². The van der Waals surface area contributed by atoms with Crippen LogP contribution in [0.4, 0.5) is 0 Å². The number of hydrogen-bond donors (Lipinski definition) is 0. The van der Waals surface area contributed by atoms with Gasteiger partial charge in [0.1, 0.15) is 0 Å². The summed E-state index contributed by atoms with van der Waals surface area (Å²) in [5.41, 5.74) is 0. The zero-order chi connectivity index (χ0) is 7.28. The molecule has 0 aliphatic carbocycles. The van der Waals surface area contributed by atoms with Gasteiger partial charge in [0, 0.05) is 13.6 Å². The van der Waals surface area contributed by atoms with E-state index >= 15 is 0 Å². The molecule has 0 aliphatic heterocycles. The van der Waals surface area contributed by atoms with Gasteiger partial charge in [-0.25, -0.2) is 0 Å². The molecule has 0 radical (unpaired) electrons. The first kappa shape index (κ1) is 13.2. The summed E-state index contributed by atoms with van der Waals surface area (Å²) in [5.74, 6) is 0. The molecule has 0 aromatic rings. The minimum atomic E-state index is 0. The average molecular weight is 226 g/mol. The summed E-state index contributed by atoms with van der Waals surface area (Å²) < 4.78 is 0.573. The summed E-state index contributed by atoms with van der Waals surface area (Å²) in [6.45, 7) is 3.15. The van der Waals surface area contributed by atoms with Gasteiger partial charge < -0.3 is 29.7 Å². The van der Waals surface area contributed by atoms with Crippen LogP contribution in [-0.2, 0) is 29.7 Å². The monoisotopic (exact) mass is 225 g/mol. The van der Waals surface area contributed by atoms with E-state index in [0.717, 1.165) is 6.54 Å². The van der Waals surface area contributed by atoms with Crippen LogP contribution < -0.4 is 0 Å². The molecule has 0 fully saturated rings. The molecule has 0 atom stereocenters. The van der Waals surface area contributed by atoms with Crippen molar-refractivity contribution in [2.24, 2.45) is 0 Å². The summed E-state index contributed by atoms with van der Waals surface area (Å²) in [7, 11) is 1.94. The number of hydrogen-bond acceptors (Lipinski definition) is 2. The molecule has 0 bridgehead atoms. The summed E-state index contributed by atoms with van der Waals surface area (Å²) in [6, 6.07) is 0. The number of nitrogens with zero attached hydrogens (tertiary/aromatic N) is 1. The van der Waals surface area contributed by atoms with Crippen molar-refractivity contribution in [1.82, 2.24) is 4.90 Å². The van der Waals surface area contributed by atoms with E-state index < -0.39 is 0 Å². The quantitative estimate of drug-likeness (QED) is 0.408. The second-order valence-electron chi connectivity index (χ2n) is 2.04. The predicted octanol–water partition coefficient (Wildman–Crippen LogP) is 1.55. The summed E-state index contributed by atoms with van der Waals surface area (Å²) >= 11 is 9.54. The summed E-state index contributed by atoms with van der Waals surface area (Å²) in [5, 5.41) is 0. The maximum atomic E-state index is 4.77. The summed E-state index contributed by atoms with van der Waals surface area (Å²) in [4.78, 5) is 1.92. The van der Waals surface area contributed by atoms with E-state index in [1.807, 2.05) is 11.9 Å². The Kier molecular flexibility index (Phi) is 10.2. The van der Waals surface area contributed by atoms with Crippen LogP contribution in [0.15, 0.2) is 0 Å². The number of thiocarbonyl (C=S) groups is 1.